The number of hydrogen-bond donors (Lipinski definition) is 1. The highest BCUT2D eigenvalue weighted by molar-refractivity contribution is 5.79. The van der Waals surface area contributed by atoms with Crippen molar-refractivity contribution in [1.82, 2.24) is 15.1 Å². The van der Waals surface area contributed by atoms with E-state index in [9.17, 15) is 9.59 Å². The molecule has 0 saturated carbocycles. The number of nitrogens with zero attached hydrogens (tertiary/aromatic N) is 2. The van der Waals surface area contributed by atoms with E-state index < -0.39 is 0 Å². The number of para-hydroxylation sites is 1. The second kappa shape index (κ2) is 7.29. The summed E-state index contributed by atoms with van der Waals surface area (Å²) in [5.74, 6) is 0.595. The van der Waals surface area contributed by atoms with Gasteiger partial charge < -0.3 is 10.1 Å². The smallest absolute Gasteiger partial charge is 0.267 e. The average Bonchev–Trinajstić information content (AvgIpc) is 3.02. The third-order valence-corrected chi connectivity index (χ3v) is 4.21. The van der Waals surface area contributed by atoms with Crippen LogP contribution in [0.15, 0.2) is 35.1 Å². The van der Waals surface area contributed by atoms with E-state index >= 15 is 0 Å². The van der Waals surface area contributed by atoms with E-state index in [2.05, 4.69) is 10.4 Å². The first kappa shape index (κ1) is 16.2. The Balaban J connectivity index is 1.55. The lowest BCUT2D eigenvalue weighted by atomic mass is 10.1. The summed E-state index contributed by atoms with van der Waals surface area (Å²) in [5.41, 5.74) is 2.81. The molecule has 1 aliphatic rings. The predicted molar refractivity (Wildman–Crippen MR) is 90.2 cm³/mol. The van der Waals surface area contributed by atoms with E-state index in [-0.39, 0.29) is 17.9 Å². The number of carbonyl (C=O) groups is 1. The number of methoxy groups -OCH3 is 1. The summed E-state index contributed by atoms with van der Waals surface area (Å²) in [6.45, 7) is 0.753. The Labute approximate surface area is 140 Å². The second-order valence-corrected chi connectivity index (χ2v) is 5.87. The number of rotatable bonds is 6. The monoisotopic (exact) mass is 327 g/mol. The Morgan fingerprint density at radius 2 is 2.17 bits per heavy atom. The molecular formula is C18H21N3O3. The van der Waals surface area contributed by atoms with Crippen molar-refractivity contribution < 1.29 is 9.53 Å². The van der Waals surface area contributed by atoms with Crippen molar-refractivity contribution in [3.05, 3.63) is 57.5 Å². The van der Waals surface area contributed by atoms with Gasteiger partial charge in [0.15, 0.2) is 0 Å². The lowest BCUT2D eigenvalue weighted by Gasteiger charge is -2.10. The molecule has 1 N–H and O–H groups in total. The Morgan fingerprint density at radius 3 is 3.00 bits per heavy atom. The number of amides is 1. The van der Waals surface area contributed by atoms with Gasteiger partial charge in [-0.25, -0.2) is 4.68 Å². The molecule has 0 unspecified atom stereocenters. The number of fused-ring (bicyclic) bond motifs is 1. The summed E-state index contributed by atoms with van der Waals surface area (Å²) in [5, 5.41) is 7.23. The van der Waals surface area contributed by atoms with Crippen molar-refractivity contribution in [3.8, 4) is 5.75 Å². The first-order chi connectivity index (χ1) is 11.7. The predicted octanol–water partition coefficient (Wildman–Crippen LogP) is 1.10. The van der Waals surface area contributed by atoms with Crippen LogP contribution in [-0.2, 0) is 30.6 Å². The summed E-state index contributed by atoms with van der Waals surface area (Å²) in [7, 11) is 1.59. The number of ether oxygens (including phenoxy) is 1. The van der Waals surface area contributed by atoms with Gasteiger partial charge in [0, 0.05) is 18.2 Å². The van der Waals surface area contributed by atoms with E-state index in [1.165, 1.54) is 4.68 Å². The van der Waals surface area contributed by atoms with Crippen LogP contribution in [0.25, 0.3) is 0 Å². The third kappa shape index (κ3) is 3.64. The zero-order chi connectivity index (χ0) is 16.9. The highest BCUT2D eigenvalue weighted by Gasteiger charge is 2.14. The SMILES string of the molecule is COc1ccccc1CC(=O)NCCn1nc2c(cc1=O)CCC2. The first-order valence-electron chi connectivity index (χ1n) is 8.16. The molecule has 2 aromatic rings. The fourth-order valence-electron chi connectivity index (χ4n) is 2.99. The highest BCUT2D eigenvalue weighted by atomic mass is 16.5. The standard InChI is InChI=1S/C18H21N3O3/c1-24-16-8-3-2-5-14(16)11-17(22)19-9-10-21-18(23)12-13-6-4-7-15(13)20-21/h2-3,5,8,12H,4,6-7,9-11H2,1H3,(H,19,22). The molecule has 0 spiro atoms. The maximum atomic E-state index is 12.1. The van der Waals surface area contributed by atoms with Gasteiger partial charge in [0.1, 0.15) is 5.75 Å². The Morgan fingerprint density at radius 1 is 1.33 bits per heavy atom. The van der Waals surface area contributed by atoms with E-state index in [1.54, 1.807) is 13.2 Å². The number of nitrogens with one attached hydrogen (secondary N) is 1. The number of benzene rings is 1. The molecule has 1 amide bonds. The van der Waals surface area contributed by atoms with Crippen LogP contribution >= 0.6 is 0 Å². The Hall–Kier alpha value is -2.63. The van der Waals surface area contributed by atoms with Crippen LogP contribution < -0.4 is 15.6 Å². The van der Waals surface area contributed by atoms with Crippen LogP contribution in [0.5, 0.6) is 5.75 Å². The minimum atomic E-state index is -0.103. The van der Waals surface area contributed by atoms with Gasteiger partial charge in [0.05, 0.1) is 25.8 Å². The second-order valence-electron chi connectivity index (χ2n) is 5.87. The molecular weight excluding hydrogens is 306 g/mol. The van der Waals surface area contributed by atoms with Crippen molar-refractivity contribution >= 4 is 5.91 Å². The number of aromatic nitrogens is 2. The molecule has 1 aromatic heterocycles. The summed E-state index contributed by atoms with van der Waals surface area (Å²) >= 11 is 0. The Kier molecular flexibility index (Phi) is 4.93. The van der Waals surface area contributed by atoms with Crippen molar-refractivity contribution in [2.24, 2.45) is 0 Å². The third-order valence-electron chi connectivity index (χ3n) is 4.21. The Bertz CT molecular complexity index is 798. The molecule has 24 heavy (non-hydrogen) atoms. The lowest BCUT2D eigenvalue weighted by molar-refractivity contribution is -0.120. The molecule has 0 radical (unpaired) electrons. The molecule has 6 nitrogen and oxygen atoms in total. The van der Waals surface area contributed by atoms with Gasteiger partial charge in [-0.3, -0.25) is 9.59 Å². The van der Waals surface area contributed by atoms with E-state index in [0.717, 1.165) is 36.1 Å². The summed E-state index contributed by atoms with van der Waals surface area (Å²) in [6.07, 6.45) is 3.17. The van der Waals surface area contributed by atoms with Crippen LogP contribution in [0.1, 0.15) is 23.2 Å². The van der Waals surface area contributed by atoms with Gasteiger partial charge in [-0.05, 0) is 30.9 Å². The van der Waals surface area contributed by atoms with Crippen LogP contribution in [-0.4, -0.2) is 29.3 Å². The molecule has 0 saturated heterocycles. The van der Waals surface area contributed by atoms with Gasteiger partial charge in [-0.1, -0.05) is 18.2 Å². The fraction of sp³-hybridized carbons (Fsp3) is 0.389. The van der Waals surface area contributed by atoms with Gasteiger partial charge in [-0.2, -0.15) is 5.10 Å². The molecule has 0 aliphatic heterocycles. The molecule has 1 aliphatic carbocycles. The number of hydrogen-bond acceptors (Lipinski definition) is 4. The van der Waals surface area contributed by atoms with Crippen molar-refractivity contribution in [3.63, 3.8) is 0 Å². The zero-order valence-corrected chi connectivity index (χ0v) is 13.7. The maximum Gasteiger partial charge on any atom is 0.267 e. The van der Waals surface area contributed by atoms with Crippen molar-refractivity contribution in [2.75, 3.05) is 13.7 Å². The number of aryl methyl sites for hydroxylation is 2. The summed E-state index contributed by atoms with van der Waals surface area (Å²) in [6, 6.07) is 9.11. The lowest BCUT2D eigenvalue weighted by Crippen LogP contribution is -2.33. The molecule has 1 heterocycles. The normalized spacial score (nSPS) is 12.7. The van der Waals surface area contributed by atoms with Crippen LogP contribution in [0.4, 0.5) is 0 Å². The molecule has 1 aromatic carbocycles. The topological polar surface area (TPSA) is 73.2 Å². The average molecular weight is 327 g/mol. The van der Waals surface area contributed by atoms with Crippen molar-refractivity contribution in [1.29, 1.82) is 0 Å². The molecule has 3 rings (SSSR count). The van der Waals surface area contributed by atoms with Crippen LogP contribution in [0.2, 0.25) is 0 Å². The fourth-order valence-corrected chi connectivity index (χ4v) is 2.99. The van der Waals surface area contributed by atoms with Crippen molar-refractivity contribution in [2.45, 2.75) is 32.2 Å². The molecule has 126 valence electrons. The molecule has 0 atom stereocenters. The van der Waals surface area contributed by atoms with Gasteiger partial charge >= 0.3 is 0 Å². The maximum absolute atomic E-state index is 12.1. The minimum absolute atomic E-state index is 0.102. The van der Waals surface area contributed by atoms with E-state index in [1.807, 2.05) is 24.3 Å². The van der Waals surface area contributed by atoms with E-state index in [4.69, 9.17) is 4.74 Å². The summed E-state index contributed by atoms with van der Waals surface area (Å²) in [4.78, 5) is 24.1. The quantitative estimate of drug-likeness (QED) is 0.862. The molecule has 0 fully saturated rings. The van der Waals surface area contributed by atoms with E-state index in [0.29, 0.717) is 18.8 Å². The van der Waals surface area contributed by atoms with Gasteiger partial charge in [-0.15, -0.1) is 0 Å². The number of carbonyl (C=O) groups excluding carboxylic acids is 1. The minimum Gasteiger partial charge on any atom is -0.496 e. The molecule has 0 bridgehead atoms. The van der Waals surface area contributed by atoms with Gasteiger partial charge in [0.25, 0.3) is 5.56 Å². The van der Waals surface area contributed by atoms with Gasteiger partial charge in [0.2, 0.25) is 5.91 Å². The van der Waals surface area contributed by atoms with Crippen LogP contribution in [0.3, 0.4) is 0 Å². The highest BCUT2D eigenvalue weighted by Crippen LogP contribution is 2.18. The molecule has 6 heteroatoms. The largest absolute Gasteiger partial charge is 0.496 e. The zero-order valence-electron chi connectivity index (χ0n) is 13.7. The first-order valence-corrected chi connectivity index (χ1v) is 8.16. The summed E-state index contributed by atoms with van der Waals surface area (Å²) < 4.78 is 6.68. The van der Waals surface area contributed by atoms with Crippen LogP contribution in [0, 0.1) is 0 Å².